The zero-order valence-electron chi connectivity index (χ0n) is 16.4. The molecule has 8 heteroatoms. The first kappa shape index (κ1) is 21.1. The van der Waals surface area contributed by atoms with E-state index < -0.39 is 5.91 Å². The van der Waals surface area contributed by atoms with Crippen LogP contribution in [0.3, 0.4) is 0 Å². The van der Waals surface area contributed by atoms with Crippen molar-refractivity contribution in [2.45, 2.75) is 0 Å². The van der Waals surface area contributed by atoms with Gasteiger partial charge in [0.1, 0.15) is 17.5 Å². The van der Waals surface area contributed by atoms with E-state index in [1.807, 2.05) is 36.4 Å². The molecule has 4 rings (SSSR count). The lowest BCUT2D eigenvalue weighted by Crippen LogP contribution is -2.37. The summed E-state index contributed by atoms with van der Waals surface area (Å²) in [5.41, 5.74) is 1.80. The van der Waals surface area contributed by atoms with Crippen LogP contribution in [0.2, 0.25) is 10.0 Å². The van der Waals surface area contributed by atoms with Crippen molar-refractivity contribution in [2.75, 3.05) is 36.5 Å². The van der Waals surface area contributed by atoms with Crippen LogP contribution in [0.15, 0.2) is 54.1 Å². The average Bonchev–Trinajstić information content (AvgIpc) is 2.80. The van der Waals surface area contributed by atoms with Crippen LogP contribution in [-0.4, -0.2) is 37.2 Å². The maximum absolute atomic E-state index is 12.8. The third-order valence-corrected chi connectivity index (χ3v) is 5.73. The number of para-hydroxylation sites is 1. The first-order valence-corrected chi connectivity index (χ1v) is 10.4. The van der Waals surface area contributed by atoms with Crippen molar-refractivity contribution in [3.63, 3.8) is 0 Å². The molecule has 1 aliphatic heterocycles. The Morgan fingerprint density at radius 2 is 1.94 bits per heavy atom. The minimum absolute atomic E-state index is 0.0670. The molecule has 1 aliphatic rings. The van der Waals surface area contributed by atoms with Gasteiger partial charge in [0.25, 0.3) is 5.91 Å². The van der Waals surface area contributed by atoms with Gasteiger partial charge in [0.2, 0.25) is 0 Å². The summed E-state index contributed by atoms with van der Waals surface area (Å²) in [5.74, 6) is 0.135. The summed E-state index contributed by atoms with van der Waals surface area (Å²) in [7, 11) is 0. The quantitative estimate of drug-likeness (QED) is 0.448. The lowest BCUT2D eigenvalue weighted by molar-refractivity contribution is -0.112. The first-order chi connectivity index (χ1) is 15.1. The van der Waals surface area contributed by atoms with Crippen LogP contribution in [-0.2, 0) is 9.53 Å². The molecule has 1 amide bonds. The number of nitriles is 1. The van der Waals surface area contributed by atoms with E-state index >= 15 is 0 Å². The van der Waals surface area contributed by atoms with Crippen molar-refractivity contribution in [1.29, 1.82) is 5.26 Å². The number of anilines is 2. The highest BCUT2D eigenvalue weighted by Gasteiger charge is 2.19. The number of nitrogens with one attached hydrogen (secondary N) is 1. The molecule has 31 heavy (non-hydrogen) atoms. The van der Waals surface area contributed by atoms with Crippen molar-refractivity contribution in [2.24, 2.45) is 0 Å². The Kier molecular flexibility index (Phi) is 6.38. The number of carbonyl (C=O) groups excluding carboxylic acids is 1. The number of rotatable bonds is 4. The van der Waals surface area contributed by atoms with Crippen molar-refractivity contribution < 1.29 is 9.53 Å². The highest BCUT2D eigenvalue weighted by atomic mass is 35.5. The molecule has 0 unspecified atom stereocenters. The Balaban J connectivity index is 1.73. The number of hydrogen-bond acceptors (Lipinski definition) is 5. The van der Waals surface area contributed by atoms with Gasteiger partial charge in [0.15, 0.2) is 0 Å². The fraction of sp³-hybridized carbons (Fsp3) is 0.174. The van der Waals surface area contributed by atoms with Gasteiger partial charge in [-0.2, -0.15) is 5.26 Å². The number of aromatic nitrogens is 1. The fourth-order valence-electron chi connectivity index (χ4n) is 3.35. The number of morpholine rings is 1. The number of fused-ring (bicyclic) bond motifs is 1. The predicted octanol–water partition coefficient (Wildman–Crippen LogP) is 4.92. The largest absolute Gasteiger partial charge is 0.378 e. The van der Waals surface area contributed by atoms with E-state index in [1.165, 1.54) is 0 Å². The number of ether oxygens (including phenoxy) is 1. The van der Waals surface area contributed by atoms with Crippen LogP contribution in [0.1, 0.15) is 5.56 Å². The van der Waals surface area contributed by atoms with Gasteiger partial charge >= 0.3 is 0 Å². The average molecular weight is 453 g/mol. The topological polar surface area (TPSA) is 78.2 Å². The zero-order valence-corrected chi connectivity index (χ0v) is 18.0. The Hall–Kier alpha value is -3.11. The van der Waals surface area contributed by atoms with E-state index in [0.717, 1.165) is 10.9 Å². The number of nitrogens with zero attached hydrogens (tertiary/aromatic N) is 3. The molecule has 0 bridgehead atoms. The van der Waals surface area contributed by atoms with E-state index in [-0.39, 0.29) is 10.6 Å². The van der Waals surface area contributed by atoms with Crippen LogP contribution in [0.25, 0.3) is 17.0 Å². The van der Waals surface area contributed by atoms with Crippen molar-refractivity contribution in [1.82, 2.24) is 4.98 Å². The summed E-state index contributed by atoms with van der Waals surface area (Å²) in [6.07, 6.45) is 1.55. The highest BCUT2D eigenvalue weighted by molar-refractivity contribution is 6.44. The SMILES string of the molecule is N#CC(=Cc1cc2ccccc2nc1N1CCOCC1)C(=O)Nc1cccc(Cl)c1Cl. The summed E-state index contributed by atoms with van der Waals surface area (Å²) in [4.78, 5) is 19.7. The lowest BCUT2D eigenvalue weighted by Gasteiger charge is -2.29. The van der Waals surface area contributed by atoms with E-state index in [9.17, 15) is 10.1 Å². The Morgan fingerprint density at radius 1 is 1.16 bits per heavy atom. The summed E-state index contributed by atoms with van der Waals surface area (Å²) < 4.78 is 5.45. The molecular weight excluding hydrogens is 435 g/mol. The Morgan fingerprint density at radius 3 is 2.71 bits per heavy atom. The Bertz CT molecular complexity index is 1210. The molecule has 0 saturated carbocycles. The fourth-order valence-corrected chi connectivity index (χ4v) is 3.70. The van der Waals surface area contributed by atoms with E-state index in [2.05, 4.69) is 10.2 Å². The van der Waals surface area contributed by atoms with Crippen LogP contribution in [0.5, 0.6) is 0 Å². The second-order valence-electron chi connectivity index (χ2n) is 6.92. The molecule has 3 aromatic rings. The van der Waals surface area contributed by atoms with Gasteiger partial charge < -0.3 is 15.0 Å². The van der Waals surface area contributed by atoms with Crippen molar-refractivity contribution in [3.8, 4) is 6.07 Å². The molecule has 1 aromatic heterocycles. The number of benzene rings is 2. The highest BCUT2D eigenvalue weighted by Crippen LogP contribution is 2.30. The van der Waals surface area contributed by atoms with Crippen LogP contribution in [0, 0.1) is 11.3 Å². The second-order valence-corrected chi connectivity index (χ2v) is 7.70. The third kappa shape index (κ3) is 4.64. The maximum atomic E-state index is 12.8. The Labute approximate surface area is 189 Å². The van der Waals surface area contributed by atoms with Crippen LogP contribution >= 0.6 is 23.2 Å². The number of pyridine rings is 1. The zero-order chi connectivity index (χ0) is 21.8. The normalized spacial score (nSPS) is 14.4. The van der Waals surface area contributed by atoms with Crippen LogP contribution in [0.4, 0.5) is 11.5 Å². The van der Waals surface area contributed by atoms with Crippen LogP contribution < -0.4 is 10.2 Å². The molecule has 1 saturated heterocycles. The first-order valence-electron chi connectivity index (χ1n) is 9.66. The second kappa shape index (κ2) is 9.36. The molecule has 0 radical (unpaired) electrons. The predicted molar refractivity (Wildman–Crippen MR) is 123 cm³/mol. The van der Waals surface area contributed by atoms with Gasteiger partial charge in [0, 0.05) is 24.0 Å². The van der Waals surface area contributed by atoms with Crippen molar-refractivity contribution >= 4 is 57.6 Å². The molecule has 0 spiro atoms. The molecule has 1 N–H and O–H groups in total. The van der Waals surface area contributed by atoms with E-state index in [4.69, 9.17) is 32.9 Å². The van der Waals surface area contributed by atoms with Gasteiger partial charge in [-0.25, -0.2) is 4.98 Å². The van der Waals surface area contributed by atoms with Crippen molar-refractivity contribution in [3.05, 3.63) is 69.7 Å². The molecule has 0 atom stereocenters. The van der Waals surface area contributed by atoms with E-state index in [1.54, 1.807) is 24.3 Å². The molecule has 2 aromatic carbocycles. The number of hydrogen-bond donors (Lipinski definition) is 1. The monoisotopic (exact) mass is 452 g/mol. The molecule has 156 valence electrons. The van der Waals surface area contributed by atoms with Gasteiger partial charge in [-0.05, 0) is 30.3 Å². The minimum atomic E-state index is -0.576. The van der Waals surface area contributed by atoms with Gasteiger partial charge in [0.05, 0.1) is 34.5 Å². The molecule has 2 heterocycles. The van der Waals surface area contributed by atoms with E-state index in [0.29, 0.717) is 48.4 Å². The van der Waals surface area contributed by atoms with Gasteiger partial charge in [-0.15, -0.1) is 0 Å². The molecule has 0 aliphatic carbocycles. The molecule has 6 nitrogen and oxygen atoms in total. The standard InChI is InChI=1S/C23H18Cl2N4O2/c24-18-5-3-7-20(21(18)25)28-23(30)17(14-26)13-16-12-15-4-1-2-6-19(15)27-22(16)29-8-10-31-11-9-29/h1-7,12-13H,8-11H2,(H,28,30). The minimum Gasteiger partial charge on any atom is -0.378 e. The number of halogens is 2. The summed E-state index contributed by atoms with van der Waals surface area (Å²) >= 11 is 12.2. The summed E-state index contributed by atoms with van der Waals surface area (Å²) in [6, 6.07) is 16.6. The van der Waals surface area contributed by atoms with Gasteiger partial charge in [-0.3, -0.25) is 4.79 Å². The number of amides is 1. The summed E-state index contributed by atoms with van der Waals surface area (Å²) in [5, 5.41) is 13.8. The summed E-state index contributed by atoms with van der Waals surface area (Å²) in [6.45, 7) is 2.55. The molecule has 1 fully saturated rings. The lowest BCUT2D eigenvalue weighted by atomic mass is 10.1. The molecular formula is C23H18Cl2N4O2. The smallest absolute Gasteiger partial charge is 0.266 e. The third-order valence-electron chi connectivity index (χ3n) is 4.91. The maximum Gasteiger partial charge on any atom is 0.266 e. The van der Waals surface area contributed by atoms with Gasteiger partial charge in [-0.1, -0.05) is 47.5 Å². The number of carbonyl (C=O) groups is 1.